The predicted molar refractivity (Wildman–Crippen MR) is 136 cm³/mol. The fourth-order valence-electron chi connectivity index (χ4n) is 4.82. The summed E-state index contributed by atoms with van der Waals surface area (Å²) in [6.07, 6.45) is 0.790. The maximum atomic E-state index is 12.8. The van der Waals surface area contributed by atoms with E-state index in [1.54, 1.807) is 6.92 Å². The Labute approximate surface area is 217 Å². The molecule has 2 aliphatic rings. The molecule has 4 N–H and O–H groups in total. The number of para-hydroxylation sites is 1. The van der Waals surface area contributed by atoms with Crippen LogP contribution in [0.5, 0.6) is 0 Å². The molecule has 2 fully saturated rings. The van der Waals surface area contributed by atoms with Crippen LogP contribution < -0.4 is 20.9 Å². The Bertz CT molecular complexity index is 1260. The van der Waals surface area contributed by atoms with Gasteiger partial charge in [-0.15, -0.1) is 0 Å². The van der Waals surface area contributed by atoms with Gasteiger partial charge in [-0.2, -0.15) is 0 Å². The first-order chi connectivity index (χ1) is 18.1. The van der Waals surface area contributed by atoms with Gasteiger partial charge in [0.15, 0.2) is 0 Å². The van der Waals surface area contributed by atoms with Gasteiger partial charge in [-0.05, 0) is 37.5 Å². The molecule has 13 nitrogen and oxygen atoms in total. The van der Waals surface area contributed by atoms with Gasteiger partial charge >= 0.3 is 12.0 Å². The molecule has 13 heteroatoms. The molecule has 2 saturated heterocycles. The number of piperidine rings is 1. The number of anilines is 1. The number of urea groups is 1. The lowest BCUT2D eigenvalue weighted by Gasteiger charge is -2.43. The number of carboxylic acids is 1. The van der Waals surface area contributed by atoms with E-state index in [1.165, 1.54) is 17.0 Å². The van der Waals surface area contributed by atoms with Crippen molar-refractivity contribution in [2.75, 3.05) is 31.2 Å². The smallest absolute Gasteiger partial charge is 0.328 e. The van der Waals surface area contributed by atoms with Crippen molar-refractivity contribution in [3.05, 3.63) is 69.8 Å². The van der Waals surface area contributed by atoms with Gasteiger partial charge < -0.3 is 30.9 Å². The van der Waals surface area contributed by atoms with E-state index in [2.05, 4.69) is 16.0 Å². The largest absolute Gasteiger partial charge is 0.480 e. The molecule has 1 unspecified atom stereocenters. The van der Waals surface area contributed by atoms with Crippen molar-refractivity contribution in [1.82, 2.24) is 20.9 Å². The number of carbonyl (C=O) groups excluding carboxylic acids is 3. The van der Waals surface area contributed by atoms with Gasteiger partial charge in [0.2, 0.25) is 5.91 Å². The second kappa shape index (κ2) is 10.7. The molecule has 0 aromatic heterocycles. The monoisotopic (exact) mass is 524 g/mol. The number of likely N-dealkylation sites (tertiary alicyclic amines) is 1. The van der Waals surface area contributed by atoms with E-state index < -0.39 is 41.0 Å². The van der Waals surface area contributed by atoms with Gasteiger partial charge in [0.25, 0.3) is 11.6 Å². The summed E-state index contributed by atoms with van der Waals surface area (Å²) in [6.45, 7) is 2.10. The zero-order chi connectivity index (χ0) is 27.4. The summed E-state index contributed by atoms with van der Waals surface area (Å²) in [7, 11) is 0. The number of aryl methyl sites for hydroxylation is 1. The van der Waals surface area contributed by atoms with Crippen LogP contribution in [-0.4, -0.2) is 76.6 Å². The highest BCUT2D eigenvalue weighted by atomic mass is 16.6. The summed E-state index contributed by atoms with van der Waals surface area (Å²) in [4.78, 5) is 63.9. The van der Waals surface area contributed by atoms with Crippen LogP contribution in [-0.2, 0) is 9.59 Å². The molecular formula is C25H28N6O7. The van der Waals surface area contributed by atoms with Crippen molar-refractivity contribution in [1.29, 1.82) is 0 Å². The molecule has 4 rings (SSSR count). The summed E-state index contributed by atoms with van der Waals surface area (Å²) in [5, 5.41) is 28.4. The Kier molecular flexibility index (Phi) is 7.46. The van der Waals surface area contributed by atoms with E-state index in [4.69, 9.17) is 0 Å². The number of nitrogens with one attached hydrogen (secondary N) is 3. The normalized spacial score (nSPS) is 17.0. The molecule has 4 amide bonds. The highest BCUT2D eigenvalue weighted by Gasteiger charge is 2.50. The number of hydrogen-bond donors (Lipinski definition) is 4. The number of nitrogens with zero attached hydrogens (tertiary/aromatic N) is 3. The molecule has 1 spiro atoms. The van der Waals surface area contributed by atoms with Crippen LogP contribution in [0.3, 0.4) is 0 Å². The molecule has 0 saturated carbocycles. The Hall–Kier alpha value is -4.68. The van der Waals surface area contributed by atoms with E-state index in [-0.39, 0.29) is 30.2 Å². The number of rotatable bonds is 7. The van der Waals surface area contributed by atoms with Gasteiger partial charge in [-0.25, -0.2) is 9.59 Å². The third kappa shape index (κ3) is 5.21. The van der Waals surface area contributed by atoms with Crippen LogP contribution in [0.4, 0.5) is 16.2 Å². The molecule has 200 valence electrons. The minimum Gasteiger partial charge on any atom is -0.480 e. The van der Waals surface area contributed by atoms with E-state index in [9.17, 15) is 34.4 Å². The van der Waals surface area contributed by atoms with E-state index >= 15 is 0 Å². The number of hydrogen-bond acceptors (Lipinski definition) is 7. The van der Waals surface area contributed by atoms with E-state index in [1.807, 2.05) is 35.2 Å². The second-order valence-corrected chi connectivity index (χ2v) is 9.25. The van der Waals surface area contributed by atoms with Gasteiger partial charge in [-0.1, -0.05) is 24.3 Å². The summed E-state index contributed by atoms with van der Waals surface area (Å²) < 4.78 is 0. The van der Waals surface area contributed by atoms with Crippen LogP contribution in [0.25, 0.3) is 0 Å². The van der Waals surface area contributed by atoms with Crippen LogP contribution >= 0.6 is 0 Å². The average Bonchev–Trinajstić information content (AvgIpc) is 3.21. The molecule has 2 heterocycles. The number of nitro groups is 1. The fourth-order valence-corrected chi connectivity index (χ4v) is 4.82. The lowest BCUT2D eigenvalue weighted by molar-refractivity contribution is -0.384. The molecule has 0 bridgehead atoms. The summed E-state index contributed by atoms with van der Waals surface area (Å²) in [6, 6.07) is 11.3. The SMILES string of the molecule is Cc1ccc([N+](=O)[O-])cc1C(=O)NC(CNC(=O)N1CCC2(CC1)C(=O)NCN2c1ccccc1)C(=O)O. The van der Waals surface area contributed by atoms with Crippen molar-refractivity contribution in [3.63, 3.8) is 0 Å². The predicted octanol–water partition coefficient (Wildman–Crippen LogP) is 1.22. The number of carboxylic acid groups (broad SMARTS) is 1. The number of nitro benzene ring substituents is 1. The van der Waals surface area contributed by atoms with Crippen LogP contribution in [0, 0.1) is 17.0 Å². The summed E-state index contributed by atoms with van der Waals surface area (Å²) >= 11 is 0. The Morgan fingerprint density at radius 2 is 1.84 bits per heavy atom. The molecule has 0 radical (unpaired) electrons. The zero-order valence-electron chi connectivity index (χ0n) is 20.7. The topological polar surface area (TPSA) is 174 Å². The van der Waals surface area contributed by atoms with E-state index in [0.717, 1.165) is 11.8 Å². The highest BCUT2D eigenvalue weighted by molar-refractivity contribution is 5.98. The third-order valence-corrected chi connectivity index (χ3v) is 7.02. The van der Waals surface area contributed by atoms with Crippen molar-refractivity contribution in [3.8, 4) is 0 Å². The Balaban J connectivity index is 1.36. The van der Waals surface area contributed by atoms with Gasteiger partial charge in [0.05, 0.1) is 18.1 Å². The molecule has 2 aromatic carbocycles. The Morgan fingerprint density at radius 3 is 2.47 bits per heavy atom. The van der Waals surface area contributed by atoms with Gasteiger partial charge in [0, 0.05) is 36.5 Å². The highest BCUT2D eigenvalue weighted by Crippen LogP contribution is 2.36. The molecule has 0 aliphatic carbocycles. The number of benzene rings is 2. The first-order valence-corrected chi connectivity index (χ1v) is 12.0. The van der Waals surface area contributed by atoms with Crippen LogP contribution in [0.2, 0.25) is 0 Å². The van der Waals surface area contributed by atoms with Gasteiger partial charge in [-0.3, -0.25) is 19.7 Å². The standard InChI is InChI=1S/C25H28N6O7/c1-16-7-8-18(31(37)38)13-19(16)21(32)28-20(22(33)34)14-26-24(36)29-11-9-25(10-12-29)23(35)27-15-30(25)17-5-3-2-4-6-17/h2-8,13,20H,9-12,14-15H2,1H3,(H,26,36)(H,27,35)(H,28,32)(H,33,34). The minimum atomic E-state index is -1.46. The van der Waals surface area contributed by atoms with Crippen LogP contribution in [0.1, 0.15) is 28.8 Å². The number of amides is 4. The second-order valence-electron chi connectivity index (χ2n) is 9.25. The maximum absolute atomic E-state index is 12.8. The van der Waals surface area contributed by atoms with Crippen molar-refractivity contribution >= 4 is 35.2 Å². The minimum absolute atomic E-state index is 0.0316. The zero-order valence-corrected chi connectivity index (χ0v) is 20.7. The van der Waals surface area contributed by atoms with Crippen LogP contribution in [0.15, 0.2) is 48.5 Å². The summed E-state index contributed by atoms with van der Waals surface area (Å²) in [5.74, 6) is -2.27. The first-order valence-electron chi connectivity index (χ1n) is 12.0. The number of non-ortho nitro benzene ring substituents is 1. The summed E-state index contributed by atoms with van der Waals surface area (Å²) in [5.41, 5.74) is 0.236. The first kappa shape index (κ1) is 26.4. The van der Waals surface area contributed by atoms with Gasteiger partial charge in [0.1, 0.15) is 11.6 Å². The lowest BCUT2D eigenvalue weighted by Crippen LogP contribution is -2.59. The average molecular weight is 525 g/mol. The molecule has 2 aromatic rings. The van der Waals surface area contributed by atoms with Crippen molar-refractivity contribution in [2.24, 2.45) is 0 Å². The Morgan fingerprint density at radius 1 is 1.16 bits per heavy atom. The molecular weight excluding hydrogens is 496 g/mol. The molecule has 1 atom stereocenters. The number of aliphatic carboxylic acids is 1. The maximum Gasteiger partial charge on any atom is 0.328 e. The lowest BCUT2D eigenvalue weighted by atomic mass is 9.85. The number of carbonyl (C=O) groups is 4. The molecule has 38 heavy (non-hydrogen) atoms. The van der Waals surface area contributed by atoms with Crippen molar-refractivity contribution < 1.29 is 29.2 Å². The third-order valence-electron chi connectivity index (χ3n) is 7.02. The quantitative estimate of drug-likeness (QED) is 0.309. The van der Waals surface area contributed by atoms with Crippen molar-refractivity contribution in [2.45, 2.75) is 31.3 Å². The van der Waals surface area contributed by atoms with E-state index in [0.29, 0.717) is 25.1 Å². The fraction of sp³-hybridized carbons (Fsp3) is 0.360. The molecule has 2 aliphatic heterocycles.